The summed E-state index contributed by atoms with van der Waals surface area (Å²) in [6, 6.07) is 8.20. The van der Waals surface area contributed by atoms with Crippen molar-refractivity contribution in [3.63, 3.8) is 0 Å². The molecule has 2 heterocycles. The molecule has 0 aliphatic heterocycles. The van der Waals surface area contributed by atoms with Crippen molar-refractivity contribution in [2.75, 3.05) is 0 Å². The van der Waals surface area contributed by atoms with Gasteiger partial charge in [0.05, 0.1) is 12.2 Å². The molecular formula is C23H31N5O. The molecule has 0 radical (unpaired) electrons. The van der Waals surface area contributed by atoms with E-state index in [1.165, 1.54) is 0 Å². The first-order valence-corrected chi connectivity index (χ1v) is 10.1. The molecule has 0 saturated carbocycles. The minimum atomic E-state index is -0.185. The van der Waals surface area contributed by atoms with Crippen LogP contribution in [0.5, 0.6) is 0 Å². The van der Waals surface area contributed by atoms with Gasteiger partial charge in [0.2, 0.25) is 5.91 Å². The second-order valence-electron chi connectivity index (χ2n) is 8.55. The van der Waals surface area contributed by atoms with Gasteiger partial charge in [-0.25, -0.2) is 4.98 Å². The standard InChI is InChI=1S/C23H31N5O/c1-6-23(3,4)12-20-14-24-22(27-20)21(26-16(2)29)11-17-7-9-18(10-8-17)19-13-25-28(5)15-19/h7-10,13-15,21H,6,11-12H2,1-5H3,(H,24,27)(H,26,29). The second kappa shape index (κ2) is 8.64. The quantitative estimate of drug-likeness (QED) is 0.602. The van der Waals surface area contributed by atoms with Gasteiger partial charge in [0.1, 0.15) is 5.82 Å². The molecule has 0 aliphatic carbocycles. The Balaban J connectivity index is 1.76. The summed E-state index contributed by atoms with van der Waals surface area (Å²) in [5.74, 6) is 0.743. The van der Waals surface area contributed by atoms with E-state index in [9.17, 15) is 4.79 Å². The summed E-state index contributed by atoms with van der Waals surface area (Å²) >= 11 is 0. The van der Waals surface area contributed by atoms with E-state index in [-0.39, 0.29) is 17.4 Å². The fraction of sp³-hybridized carbons (Fsp3) is 0.435. The minimum Gasteiger partial charge on any atom is -0.346 e. The normalized spacial score (nSPS) is 12.7. The van der Waals surface area contributed by atoms with E-state index in [0.29, 0.717) is 6.42 Å². The molecular weight excluding hydrogens is 362 g/mol. The zero-order valence-electron chi connectivity index (χ0n) is 18.0. The molecule has 2 aromatic heterocycles. The predicted molar refractivity (Wildman–Crippen MR) is 115 cm³/mol. The number of aromatic amines is 1. The SMILES string of the molecule is CCC(C)(C)Cc1cnc(C(Cc2ccc(-c3cnn(C)c3)cc2)NC(C)=O)[nH]1. The van der Waals surface area contributed by atoms with Crippen LogP contribution in [0.1, 0.15) is 57.2 Å². The number of benzene rings is 1. The smallest absolute Gasteiger partial charge is 0.217 e. The van der Waals surface area contributed by atoms with Gasteiger partial charge < -0.3 is 10.3 Å². The zero-order valence-corrected chi connectivity index (χ0v) is 18.0. The number of carbonyl (C=O) groups excluding carboxylic acids is 1. The highest BCUT2D eigenvalue weighted by Gasteiger charge is 2.21. The molecule has 29 heavy (non-hydrogen) atoms. The minimum absolute atomic E-state index is 0.0613. The number of rotatable bonds is 8. The van der Waals surface area contributed by atoms with Gasteiger partial charge in [-0.15, -0.1) is 0 Å². The molecule has 3 aromatic rings. The highest BCUT2D eigenvalue weighted by molar-refractivity contribution is 5.73. The van der Waals surface area contributed by atoms with Crippen LogP contribution >= 0.6 is 0 Å². The molecule has 0 aliphatic rings. The Labute approximate surface area is 172 Å². The van der Waals surface area contributed by atoms with Gasteiger partial charge in [0.25, 0.3) is 0 Å². The number of hydrogen-bond donors (Lipinski definition) is 2. The van der Waals surface area contributed by atoms with Gasteiger partial charge in [0, 0.05) is 37.6 Å². The van der Waals surface area contributed by atoms with Crippen LogP contribution < -0.4 is 5.32 Å². The lowest BCUT2D eigenvalue weighted by atomic mass is 9.85. The lowest BCUT2D eigenvalue weighted by Gasteiger charge is -2.21. The van der Waals surface area contributed by atoms with Crippen LogP contribution in [0.15, 0.2) is 42.9 Å². The molecule has 2 N–H and O–H groups in total. The fourth-order valence-corrected chi connectivity index (χ4v) is 3.38. The van der Waals surface area contributed by atoms with Crippen LogP contribution in [-0.2, 0) is 24.7 Å². The number of nitrogens with one attached hydrogen (secondary N) is 2. The summed E-state index contributed by atoms with van der Waals surface area (Å²) < 4.78 is 1.80. The number of H-pyrrole nitrogens is 1. The number of carbonyl (C=O) groups is 1. The summed E-state index contributed by atoms with van der Waals surface area (Å²) in [7, 11) is 1.91. The first-order chi connectivity index (χ1) is 13.8. The van der Waals surface area contributed by atoms with Crippen LogP contribution in [0.2, 0.25) is 0 Å². The maximum Gasteiger partial charge on any atom is 0.217 e. The molecule has 0 bridgehead atoms. The topological polar surface area (TPSA) is 75.6 Å². The molecule has 0 spiro atoms. The number of amides is 1. The monoisotopic (exact) mass is 393 g/mol. The Morgan fingerprint density at radius 3 is 2.52 bits per heavy atom. The molecule has 1 aromatic carbocycles. The van der Waals surface area contributed by atoms with Gasteiger partial charge in [-0.1, -0.05) is 51.5 Å². The zero-order chi connectivity index (χ0) is 21.0. The van der Waals surface area contributed by atoms with Gasteiger partial charge in [-0.2, -0.15) is 5.10 Å². The highest BCUT2D eigenvalue weighted by Crippen LogP contribution is 2.26. The van der Waals surface area contributed by atoms with Gasteiger partial charge in [0.15, 0.2) is 0 Å². The Kier molecular flexibility index (Phi) is 6.20. The van der Waals surface area contributed by atoms with Crippen molar-refractivity contribution in [2.45, 2.75) is 53.0 Å². The van der Waals surface area contributed by atoms with E-state index in [1.54, 1.807) is 11.6 Å². The molecule has 6 heteroatoms. The van der Waals surface area contributed by atoms with Crippen molar-refractivity contribution < 1.29 is 4.79 Å². The van der Waals surface area contributed by atoms with E-state index in [1.807, 2.05) is 25.6 Å². The Morgan fingerprint density at radius 2 is 1.93 bits per heavy atom. The average molecular weight is 394 g/mol. The van der Waals surface area contributed by atoms with Crippen LogP contribution in [0, 0.1) is 5.41 Å². The van der Waals surface area contributed by atoms with Crippen LogP contribution in [0.3, 0.4) is 0 Å². The van der Waals surface area contributed by atoms with E-state index < -0.39 is 0 Å². The summed E-state index contributed by atoms with van der Waals surface area (Å²) in [6.07, 6.45) is 8.46. The van der Waals surface area contributed by atoms with Crippen LogP contribution in [0.25, 0.3) is 11.1 Å². The lowest BCUT2D eigenvalue weighted by molar-refractivity contribution is -0.119. The van der Waals surface area contributed by atoms with Crippen LogP contribution in [-0.4, -0.2) is 25.7 Å². The first-order valence-electron chi connectivity index (χ1n) is 10.1. The van der Waals surface area contributed by atoms with E-state index in [0.717, 1.165) is 41.1 Å². The molecule has 1 amide bonds. The van der Waals surface area contributed by atoms with Gasteiger partial charge in [-0.05, 0) is 29.4 Å². The van der Waals surface area contributed by atoms with Crippen molar-refractivity contribution in [1.82, 2.24) is 25.1 Å². The number of aryl methyl sites for hydroxylation is 1. The average Bonchev–Trinajstić information content (AvgIpc) is 3.30. The maximum atomic E-state index is 11.8. The second-order valence-corrected chi connectivity index (χ2v) is 8.55. The van der Waals surface area contributed by atoms with E-state index >= 15 is 0 Å². The Hall–Kier alpha value is -2.89. The molecule has 0 fully saturated rings. The molecule has 154 valence electrons. The number of nitrogens with zero attached hydrogens (tertiary/aromatic N) is 3. The third kappa shape index (κ3) is 5.56. The molecule has 3 rings (SSSR count). The van der Waals surface area contributed by atoms with E-state index in [4.69, 9.17) is 0 Å². The third-order valence-corrected chi connectivity index (χ3v) is 5.41. The van der Waals surface area contributed by atoms with E-state index in [2.05, 4.69) is 65.4 Å². The molecule has 0 saturated heterocycles. The summed E-state index contributed by atoms with van der Waals surface area (Å²) in [6.45, 7) is 8.25. The number of hydrogen-bond acceptors (Lipinski definition) is 3. The maximum absolute atomic E-state index is 11.8. The van der Waals surface area contributed by atoms with Crippen molar-refractivity contribution >= 4 is 5.91 Å². The molecule has 1 unspecified atom stereocenters. The first kappa shape index (κ1) is 20.8. The number of imidazole rings is 1. The van der Waals surface area contributed by atoms with Crippen molar-refractivity contribution in [2.24, 2.45) is 12.5 Å². The molecule has 1 atom stereocenters. The lowest BCUT2D eigenvalue weighted by Crippen LogP contribution is -2.28. The summed E-state index contributed by atoms with van der Waals surface area (Å²) in [5, 5.41) is 7.27. The highest BCUT2D eigenvalue weighted by atomic mass is 16.1. The van der Waals surface area contributed by atoms with Gasteiger partial charge >= 0.3 is 0 Å². The van der Waals surface area contributed by atoms with Gasteiger partial charge in [-0.3, -0.25) is 9.48 Å². The van der Waals surface area contributed by atoms with Crippen molar-refractivity contribution in [3.8, 4) is 11.1 Å². The van der Waals surface area contributed by atoms with Crippen molar-refractivity contribution in [3.05, 3.63) is 59.9 Å². The predicted octanol–water partition coefficient (Wildman–Crippen LogP) is 4.21. The largest absolute Gasteiger partial charge is 0.346 e. The third-order valence-electron chi connectivity index (χ3n) is 5.41. The summed E-state index contributed by atoms with van der Waals surface area (Å²) in [4.78, 5) is 19.8. The fourth-order valence-electron chi connectivity index (χ4n) is 3.38. The Morgan fingerprint density at radius 1 is 1.21 bits per heavy atom. The number of aromatic nitrogens is 4. The Bertz CT molecular complexity index is 952. The molecule has 6 nitrogen and oxygen atoms in total. The summed E-state index contributed by atoms with van der Waals surface area (Å²) in [5.41, 5.74) is 4.68. The van der Waals surface area contributed by atoms with Crippen LogP contribution in [0.4, 0.5) is 0 Å². The van der Waals surface area contributed by atoms with Crippen molar-refractivity contribution in [1.29, 1.82) is 0 Å².